The molecule has 2 heteroatoms. The molecule has 0 aromatic rings. The van der Waals surface area contributed by atoms with Crippen molar-refractivity contribution in [3.8, 4) is 0 Å². The molecule has 0 bridgehead atoms. The second-order valence-electron chi connectivity index (χ2n) is 1.06. The zero-order valence-electron chi connectivity index (χ0n) is 4.97. The van der Waals surface area contributed by atoms with Crippen LogP contribution in [0.15, 0.2) is 12.2 Å². The number of carbonyl (C=O) groups excluding carboxylic acids is 2. The SMILES string of the molecule is [2H]C(=O)/C=C\C(C)=O. The van der Waals surface area contributed by atoms with Crippen molar-refractivity contribution in [2.75, 3.05) is 0 Å². The Kier molecular flexibility index (Phi) is 1.99. The number of hydrogen-bond donors (Lipinski definition) is 0. The molecule has 0 unspecified atom stereocenters. The van der Waals surface area contributed by atoms with Crippen LogP contribution in [-0.4, -0.2) is 12.0 Å². The lowest BCUT2D eigenvalue weighted by molar-refractivity contribution is -0.113. The summed E-state index contributed by atoms with van der Waals surface area (Å²) in [6.45, 7) is 1.32. The maximum absolute atomic E-state index is 10.0. The molecule has 7 heavy (non-hydrogen) atoms. The molecule has 0 radical (unpaired) electrons. The van der Waals surface area contributed by atoms with Crippen molar-refractivity contribution in [3.05, 3.63) is 12.2 Å². The van der Waals surface area contributed by atoms with Gasteiger partial charge in [0.1, 0.15) is 7.63 Å². The van der Waals surface area contributed by atoms with Crippen LogP contribution in [0.3, 0.4) is 0 Å². The number of carbonyl (C=O) groups is 2. The fourth-order valence-corrected chi connectivity index (χ4v) is 0.151. The Morgan fingerprint density at radius 1 is 1.86 bits per heavy atom. The molecule has 0 spiro atoms. The maximum Gasteiger partial charge on any atom is 0.152 e. The topological polar surface area (TPSA) is 34.1 Å². The predicted molar refractivity (Wildman–Crippen MR) is 25.9 cm³/mol. The van der Waals surface area contributed by atoms with Gasteiger partial charge in [-0.1, -0.05) is 0 Å². The second-order valence-corrected chi connectivity index (χ2v) is 1.06. The summed E-state index contributed by atoms with van der Waals surface area (Å²) in [5.41, 5.74) is 0. The molecule has 38 valence electrons. The smallest absolute Gasteiger partial charge is 0.152 e. The molecule has 2 nitrogen and oxygen atoms in total. The first-order chi connectivity index (χ1) is 3.63. The Morgan fingerprint density at radius 2 is 2.43 bits per heavy atom. The Bertz CT molecular complexity index is 121. The monoisotopic (exact) mass is 99.0 g/mol. The number of hydrogen-bond acceptors (Lipinski definition) is 2. The van der Waals surface area contributed by atoms with E-state index in [4.69, 9.17) is 1.37 Å². The molecular formula is C5H6O2. The quantitative estimate of drug-likeness (QED) is 0.369. The van der Waals surface area contributed by atoms with Gasteiger partial charge in [0.05, 0.1) is 0 Å². The lowest BCUT2D eigenvalue weighted by Crippen LogP contribution is -1.78. The van der Waals surface area contributed by atoms with E-state index in [9.17, 15) is 9.59 Å². The predicted octanol–water partition coefficient (Wildman–Crippen LogP) is 0.330. The van der Waals surface area contributed by atoms with E-state index < -0.39 is 6.26 Å². The summed E-state index contributed by atoms with van der Waals surface area (Å²) in [6, 6.07) is 0. The van der Waals surface area contributed by atoms with Crippen LogP contribution in [-0.2, 0) is 9.59 Å². The average Bonchev–Trinajstić information content (AvgIpc) is 1.61. The Morgan fingerprint density at radius 3 is 2.57 bits per heavy atom. The van der Waals surface area contributed by atoms with Gasteiger partial charge in [-0.2, -0.15) is 0 Å². The molecule has 0 aromatic carbocycles. The molecule has 0 N–H and O–H groups in total. The largest absolute Gasteiger partial charge is 0.299 e. The highest BCUT2D eigenvalue weighted by Crippen LogP contribution is 1.68. The minimum Gasteiger partial charge on any atom is -0.299 e. The normalized spacial score (nSPS) is 11.3. The van der Waals surface area contributed by atoms with Gasteiger partial charge < -0.3 is 0 Å². The first-order valence-corrected chi connectivity index (χ1v) is 1.82. The van der Waals surface area contributed by atoms with Crippen molar-refractivity contribution >= 4 is 12.0 Å². The Hall–Kier alpha value is -0.920. The molecular weight excluding hydrogens is 92.1 g/mol. The first-order valence-electron chi connectivity index (χ1n) is 2.32. The highest BCUT2D eigenvalue weighted by atomic mass is 16.1. The van der Waals surface area contributed by atoms with Crippen molar-refractivity contribution in [1.29, 1.82) is 0 Å². The maximum atomic E-state index is 10.0. The van der Waals surface area contributed by atoms with E-state index in [0.717, 1.165) is 12.2 Å². The van der Waals surface area contributed by atoms with Crippen molar-refractivity contribution in [2.45, 2.75) is 6.92 Å². The summed E-state index contributed by atoms with van der Waals surface area (Å²) in [5.74, 6) is -0.217. The third-order valence-corrected chi connectivity index (χ3v) is 0.386. The van der Waals surface area contributed by atoms with Gasteiger partial charge in [0.2, 0.25) is 0 Å². The molecule has 0 rings (SSSR count). The molecule has 0 fully saturated rings. The third kappa shape index (κ3) is 5.08. The summed E-state index contributed by atoms with van der Waals surface area (Å²) >= 11 is 0. The third-order valence-electron chi connectivity index (χ3n) is 0.386. The van der Waals surface area contributed by atoms with Crippen LogP contribution in [0.4, 0.5) is 0 Å². The standard InChI is InChI=1S/C5H6O2/c1-5(7)3-2-4-6/h2-4H,1H3/b3-2-/i4D. The fraction of sp³-hybridized carbons (Fsp3) is 0.200. The van der Waals surface area contributed by atoms with Crippen molar-refractivity contribution in [2.24, 2.45) is 0 Å². The number of ketones is 1. The minimum absolute atomic E-state index is 0.217. The van der Waals surface area contributed by atoms with E-state index in [0.29, 0.717) is 0 Å². The van der Waals surface area contributed by atoms with Crippen LogP contribution in [0.1, 0.15) is 8.29 Å². The summed E-state index contributed by atoms with van der Waals surface area (Å²) in [7, 11) is 0. The van der Waals surface area contributed by atoms with Gasteiger partial charge >= 0.3 is 0 Å². The summed E-state index contributed by atoms with van der Waals surface area (Å²) in [5, 5.41) is 0. The summed E-state index contributed by atoms with van der Waals surface area (Å²) in [4.78, 5) is 19.8. The van der Waals surface area contributed by atoms with Crippen LogP contribution in [0, 0.1) is 0 Å². The van der Waals surface area contributed by atoms with E-state index in [1.165, 1.54) is 6.92 Å². The van der Waals surface area contributed by atoms with Crippen LogP contribution in [0.25, 0.3) is 0 Å². The van der Waals surface area contributed by atoms with Crippen molar-refractivity contribution in [1.82, 2.24) is 0 Å². The molecule has 0 aliphatic carbocycles. The highest BCUT2D eigenvalue weighted by Gasteiger charge is 1.75. The first kappa shape index (κ1) is 4.24. The number of allylic oxidation sites excluding steroid dienone is 2. The molecule has 0 heterocycles. The van der Waals surface area contributed by atoms with Crippen LogP contribution >= 0.6 is 0 Å². The molecule has 0 aromatic heterocycles. The van der Waals surface area contributed by atoms with Gasteiger partial charge in [0.15, 0.2) is 5.78 Å². The zero-order chi connectivity index (χ0) is 6.57. The fourth-order valence-electron chi connectivity index (χ4n) is 0.151. The molecule has 0 amide bonds. The van der Waals surface area contributed by atoms with Gasteiger partial charge in [-0.15, -0.1) is 0 Å². The van der Waals surface area contributed by atoms with E-state index in [1.54, 1.807) is 0 Å². The second kappa shape index (κ2) is 3.28. The molecule has 0 saturated carbocycles. The minimum atomic E-state index is -0.847. The summed E-state index contributed by atoms with van der Waals surface area (Å²) in [6.07, 6.45) is 1.14. The van der Waals surface area contributed by atoms with Gasteiger partial charge in [-0.25, -0.2) is 0 Å². The van der Waals surface area contributed by atoms with Gasteiger partial charge in [-0.3, -0.25) is 9.59 Å². The Labute approximate surface area is 43.2 Å². The van der Waals surface area contributed by atoms with E-state index in [1.807, 2.05) is 0 Å². The van der Waals surface area contributed by atoms with E-state index in [-0.39, 0.29) is 5.78 Å². The van der Waals surface area contributed by atoms with Gasteiger partial charge in [-0.05, 0) is 19.1 Å². The zero-order valence-corrected chi connectivity index (χ0v) is 3.97. The van der Waals surface area contributed by atoms with E-state index >= 15 is 0 Å². The molecule has 0 aliphatic rings. The molecule has 0 saturated heterocycles. The van der Waals surface area contributed by atoms with Gasteiger partial charge in [0, 0.05) is 0 Å². The van der Waals surface area contributed by atoms with Crippen molar-refractivity contribution < 1.29 is 11.0 Å². The number of aldehydes is 1. The Balaban J connectivity index is 3.67. The van der Waals surface area contributed by atoms with Crippen LogP contribution < -0.4 is 0 Å². The van der Waals surface area contributed by atoms with Gasteiger partial charge in [0.25, 0.3) is 0 Å². The van der Waals surface area contributed by atoms with Crippen molar-refractivity contribution in [3.63, 3.8) is 0 Å². The van der Waals surface area contributed by atoms with Crippen LogP contribution in [0.5, 0.6) is 0 Å². The highest BCUT2D eigenvalue weighted by molar-refractivity contribution is 5.90. The van der Waals surface area contributed by atoms with E-state index in [2.05, 4.69) is 0 Å². The average molecular weight is 99.1 g/mol. The molecule has 0 aliphatic heterocycles. The number of rotatable bonds is 2. The lowest BCUT2D eigenvalue weighted by Gasteiger charge is -1.68. The summed E-state index contributed by atoms with van der Waals surface area (Å²) < 4.78 is 6.29. The lowest BCUT2D eigenvalue weighted by atomic mass is 10.4. The van der Waals surface area contributed by atoms with Crippen LogP contribution in [0.2, 0.25) is 0 Å². The molecule has 0 atom stereocenters.